The molecule has 0 aromatic heterocycles. The van der Waals surface area contributed by atoms with E-state index in [4.69, 9.17) is 5.73 Å². The largest absolute Gasteiger partial charge is 0.330 e. The van der Waals surface area contributed by atoms with Crippen molar-refractivity contribution in [3.8, 4) is 0 Å². The van der Waals surface area contributed by atoms with Crippen LogP contribution in [0.2, 0.25) is 0 Å². The number of carbonyl (C=O) groups is 1. The zero-order chi connectivity index (χ0) is 17.8. The topological polar surface area (TPSA) is 58.4 Å². The van der Waals surface area contributed by atoms with Gasteiger partial charge >= 0.3 is 0 Å². The van der Waals surface area contributed by atoms with E-state index >= 15 is 0 Å². The van der Waals surface area contributed by atoms with Crippen LogP contribution in [0.3, 0.4) is 0 Å². The fraction of sp³-hybridized carbons (Fsp3) is 0.316. The molecule has 25 heavy (non-hydrogen) atoms. The molecule has 3 N–H and O–H groups in total. The lowest BCUT2D eigenvalue weighted by atomic mass is 9.89. The van der Waals surface area contributed by atoms with Gasteiger partial charge < -0.3 is 11.1 Å². The van der Waals surface area contributed by atoms with E-state index in [1.807, 2.05) is 23.1 Å². The summed E-state index contributed by atoms with van der Waals surface area (Å²) >= 11 is 0. The summed E-state index contributed by atoms with van der Waals surface area (Å²) in [6.07, 6.45) is 0. The van der Waals surface area contributed by atoms with Crippen LogP contribution in [0, 0.1) is 17.6 Å². The van der Waals surface area contributed by atoms with Crippen molar-refractivity contribution in [3.05, 3.63) is 65.7 Å². The Morgan fingerprint density at radius 3 is 2.44 bits per heavy atom. The van der Waals surface area contributed by atoms with Gasteiger partial charge in [-0.2, -0.15) is 0 Å². The number of amides is 1. The summed E-state index contributed by atoms with van der Waals surface area (Å²) in [4.78, 5) is 14.2. The Morgan fingerprint density at radius 2 is 1.80 bits per heavy atom. The third kappa shape index (κ3) is 4.41. The van der Waals surface area contributed by atoms with Gasteiger partial charge in [-0.15, -0.1) is 0 Å². The van der Waals surface area contributed by atoms with Crippen molar-refractivity contribution in [1.82, 2.24) is 4.90 Å². The van der Waals surface area contributed by atoms with Gasteiger partial charge in [0.1, 0.15) is 11.6 Å². The summed E-state index contributed by atoms with van der Waals surface area (Å²) < 4.78 is 26.4. The predicted molar refractivity (Wildman–Crippen MR) is 93.2 cm³/mol. The first-order chi connectivity index (χ1) is 12.0. The highest BCUT2D eigenvalue weighted by molar-refractivity contribution is 5.92. The van der Waals surface area contributed by atoms with Gasteiger partial charge in [-0.25, -0.2) is 8.78 Å². The van der Waals surface area contributed by atoms with Crippen molar-refractivity contribution in [2.75, 3.05) is 31.5 Å². The Labute approximate surface area is 145 Å². The van der Waals surface area contributed by atoms with Gasteiger partial charge in [0.25, 0.3) is 0 Å². The Kier molecular flexibility index (Phi) is 5.40. The van der Waals surface area contributed by atoms with Crippen molar-refractivity contribution < 1.29 is 13.6 Å². The molecule has 4 nitrogen and oxygen atoms in total. The van der Waals surface area contributed by atoms with Crippen molar-refractivity contribution in [2.24, 2.45) is 11.7 Å². The smallest absolute Gasteiger partial charge is 0.238 e. The number of nitrogens with one attached hydrogen (secondary N) is 1. The van der Waals surface area contributed by atoms with Crippen molar-refractivity contribution in [1.29, 1.82) is 0 Å². The van der Waals surface area contributed by atoms with Crippen molar-refractivity contribution in [2.45, 2.75) is 5.92 Å². The van der Waals surface area contributed by atoms with Gasteiger partial charge in [-0.05, 0) is 30.2 Å². The number of anilines is 1. The van der Waals surface area contributed by atoms with Gasteiger partial charge in [0, 0.05) is 30.8 Å². The van der Waals surface area contributed by atoms with Crippen molar-refractivity contribution in [3.63, 3.8) is 0 Å². The number of carbonyl (C=O) groups excluding carboxylic acids is 1. The molecule has 1 heterocycles. The Balaban J connectivity index is 1.62. The van der Waals surface area contributed by atoms with E-state index in [0.717, 1.165) is 31.3 Å². The average Bonchev–Trinajstić information content (AvgIpc) is 2.97. The van der Waals surface area contributed by atoms with E-state index in [1.165, 1.54) is 5.56 Å². The van der Waals surface area contributed by atoms with E-state index in [2.05, 4.69) is 17.4 Å². The second-order valence-corrected chi connectivity index (χ2v) is 6.41. The summed E-state index contributed by atoms with van der Waals surface area (Å²) in [5, 5.41) is 2.55. The lowest BCUT2D eigenvalue weighted by molar-refractivity contribution is -0.117. The fourth-order valence-electron chi connectivity index (χ4n) is 3.44. The highest BCUT2D eigenvalue weighted by Gasteiger charge is 2.33. The van der Waals surface area contributed by atoms with Gasteiger partial charge in [0.2, 0.25) is 5.91 Å². The molecule has 0 spiro atoms. The fourth-order valence-corrected chi connectivity index (χ4v) is 3.44. The van der Waals surface area contributed by atoms with E-state index < -0.39 is 11.6 Å². The molecule has 0 saturated carbocycles. The number of hydrogen-bond donors (Lipinski definition) is 2. The maximum Gasteiger partial charge on any atom is 0.238 e. The van der Waals surface area contributed by atoms with Crippen LogP contribution in [0.25, 0.3) is 0 Å². The predicted octanol–water partition coefficient (Wildman–Crippen LogP) is 2.58. The van der Waals surface area contributed by atoms with E-state index in [1.54, 1.807) is 0 Å². The highest BCUT2D eigenvalue weighted by atomic mass is 19.1. The van der Waals surface area contributed by atoms with E-state index in [0.29, 0.717) is 6.54 Å². The standard InChI is InChI=1S/C19H21F2N3O/c20-15-6-16(21)8-17(7-15)23-19(25)12-24-10-14(9-22)18(11-24)13-4-2-1-3-5-13/h1-8,14,18H,9-12,22H2,(H,23,25)/t14-,18+/m1/s1. The monoisotopic (exact) mass is 345 g/mol. The molecule has 1 aliphatic rings. The Morgan fingerprint density at radius 1 is 1.12 bits per heavy atom. The molecular weight excluding hydrogens is 324 g/mol. The van der Waals surface area contributed by atoms with Crippen LogP contribution < -0.4 is 11.1 Å². The molecule has 2 aromatic rings. The quantitative estimate of drug-likeness (QED) is 0.876. The molecule has 132 valence electrons. The van der Waals surface area contributed by atoms with Gasteiger partial charge in [0.05, 0.1) is 6.54 Å². The number of nitrogens with zero attached hydrogens (tertiary/aromatic N) is 1. The molecule has 1 fully saturated rings. The maximum absolute atomic E-state index is 13.2. The molecule has 0 aliphatic carbocycles. The maximum atomic E-state index is 13.2. The van der Waals surface area contributed by atoms with Crippen LogP contribution in [0.4, 0.5) is 14.5 Å². The second-order valence-electron chi connectivity index (χ2n) is 6.41. The third-order valence-electron chi connectivity index (χ3n) is 4.56. The Hall–Kier alpha value is -2.31. The van der Waals surface area contributed by atoms with E-state index in [-0.39, 0.29) is 30.0 Å². The average molecular weight is 345 g/mol. The van der Waals surface area contributed by atoms with E-state index in [9.17, 15) is 13.6 Å². The third-order valence-corrected chi connectivity index (χ3v) is 4.56. The first-order valence-electron chi connectivity index (χ1n) is 8.28. The molecule has 2 aromatic carbocycles. The molecule has 1 aliphatic heterocycles. The summed E-state index contributed by atoms with van der Waals surface area (Å²) in [7, 11) is 0. The minimum absolute atomic E-state index is 0.122. The van der Waals surface area contributed by atoms with Crippen LogP contribution in [0.5, 0.6) is 0 Å². The van der Waals surface area contributed by atoms with Gasteiger partial charge in [0.15, 0.2) is 0 Å². The summed E-state index contributed by atoms with van der Waals surface area (Å²) in [6.45, 7) is 2.17. The molecule has 1 amide bonds. The van der Waals surface area contributed by atoms with Crippen LogP contribution in [0.1, 0.15) is 11.5 Å². The summed E-state index contributed by atoms with van der Waals surface area (Å²) in [5.41, 5.74) is 7.24. The minimum atomic E-state index is -0.719. The van der Waals surface area contributed by atoms with Crippen LogP contribution in [-0.4, -0.2) is 37.0 Å². The number of nitrogens with two attached hydrogens (primary N) is 1. The van der Waals surface area contributed by atoms with Crippen LogP contribution in [-0.2, 0) is 4.79 Å². The molecule has 1 saturated heterocycles. The SMILES string of the molecule is NC[C@@H]1CN(CC(=O)Nc2cc(F)cc(F)c2)C[C@H]1c1ccccc1. The van der Waals surface area contributed by atoms with Crippen LogP contribution >= 0.6 is 0 Å². The number of rotatable bonds is 5. The molecule has 3 rings (SSSR count). The summed E-state index contributed by atoms with van der Waals surface area (Å²) in [6, 6.07) is 13.1. The number of hydrogen-bond acceptors (Lipinski definition) is 3. The molecule has 0 radical (unpaired) electrons. The lowest BCUT2D eigenvalue weighted by Gasteiger charge is -2.16. The zero-order valence-corrected chi connectivity index (χ0v) is 13.8. The normalized spacial score (nSPS) is 20.6. The van der Waals surface area contributed by atoms with Crippen molar-refractivity contribution >= 4 is 11.6 Å². The zero-order valence-electron chi connectivity index (χ0n) is 13.8. The highest BCUT2D eigenvalue weighted by Crippen LogP contribution is 2.31. The molecule has 0 unspecified atom stereocenters. The van der Waals surface area contributed by atoms with Gasteiger partial charge in [-0.1, -0.05) is 30.3 Å². The first-order valence-corrected chi connectivity index (χ1v) is 8.28. The molecular formula is C19H21F2N3O. The van der Waals surface area contributed by atoms with Crippen LogP contribution in [0.15, 0.2) is 48.5 Å². The number of likely N-dealkylation sites (tertiary alicyclic amines) is 1. The summed E-state index contributed by atoms with van der Waals surface area (Å²) in [5.74, 6) is -1.17. The number of halogens is 2. The lowest BCUT2D eigenvalue weighted by Crippen LogP contribution is -2.32. The first kappa shape index (κ1) is 17.5. The second kappa shape index (κ2) is 7.72. The molecule has 6 heteroatoms. The minimum Gasteiger partial charge on any atom is -0.330 e. The molecule has 0 bridgehead atoms. The van der Waals surface area contributed by atoms with Gasteiger partial charge in [-0.3, -0.25) is 9.69 Å². The Bertz CT molecular complexity index is 718. The number of benzene rings is 2. The molecule has 2 atom stereocenters.